The van der Waals surface area contributed by atoms with E-state index in [-0.39, 0.29) is 29.8 Å². The summed E-state index contributed by atoms with van der Waals surface area (Å²) in [4.78, 5) is 40.7. The number of fused-ring (bicyclic) bond motifs is 1. The number of ether oxygens (including phenoxy) is 2. The zero-order valence-corrected chi connectivity index (χ0v) is 18.6. The SMILES string of the molecule is CC[C@H](N)C(=O)OC[C@H]1CN(c2ccc3cc(-c4ccccc4C(F)(F)F)[nH]c(=O)c3c2)C(=O)O1. The fraction of sp³-hybridized carbons (Fsp3) is 0.292. The van der Waals surface area contributed by atoms with Crippen LogP contribution in [0.1, 0.15) is 18.9 Å². The monoisotopic (exact) mass is 489 g/mol. The summed E-state index contributed by atoms with van der Waals surface area (Å²) in [5.41, 5.74) is 4.37. The minimum absolute atomic E-state index is 0.0240. The van der Waals surface area contributed by atoms with Gasteiger partial charge in [-0.25, -0.2) is 4.79 Å². The number of hydrogen-bond acceptors (Lipinski definition) is 6. The van der Waals surface area contributed by atoms with Gasteiger partial charge in [-0.15, -0.1) is 0 Å². The summed E-state index contributed by atoms with van der Waals surface area (Å²) in [6, 6.07) is 10.2. The van der Waals surface area contributed by atoms with Crippen LogP contribution in [0.2, 0.25) is 0 Å². The van der Waals surface area contributed by atoms with Crippen molar-refractivity contribution in [2.75, 3.05) is 18.1 Å². The molecule has 11 heteroatoms. The molecule has 4 rings (SSSR count). The minimum Gasteiger partial charge on any atom is -0.461 e. The first kappa shape index (κ1) is 24.3. The lowest BCUT2D eigenvalue weighted by atomic mass is 10.0. The molecule has 1 aliphatic rings. The van der Waals surface area contributed by atoms with E-state index in [4.69, 9.17) is 15.2 Å². The van der Waals surface area contributed by atoms with E-state index in [9.17, 15) is 27.6 Å². The number of nitrogens with one attached hydrogen (secondary N) is 1. The zero-order valence-electron chi connectivity index (χ0n) is 18.6. The van der Waals surface area contributed by atoms with Crippen LogP contribution in [0.5, 0.6) is 0 Å². The molecule has 0 spiro atoms. The molecule has 3 N–H and O–H groups in total. The highest BCUT2D eigenvalue weighted by molar-refractivity contribution is 5.94. The number of carbonyl (C=O) groups is 2. The molecular weight excluding hydrogens is 467 g/mol. The summed E-state index contributed by atoms with van der Waals surface area (Å²) in [7, 11) is 0. The second-order valence-corrected chi connectivity index (χ2v) is 8.09. The topological polar surface area (TPSA) is 115 Å². The van der Waals surface area contributed by atoms with Crippen LogP contribution in [0.4, 0.5) is 23.7 Å². The van der Waals surface area contributed by atoms with Crippen LogP contribution >= 0.6 is 0 Å². The van der Waals surface area contributed by atoms with Crippen LogP contribution in [-0.4, -0.2) is 42.3 Å². The Labute approximate surface area is 197 Å². The summed E-state index contributed by atoms with van der Waals surface area (Å²) in [5, 5.41) is 0.586. The van der Waals surface area contributed by atoms with Crippen LogP contribution in [-0.2, 0) is 20.4 Å². The Bertz CT molecular complexity index is 1340. The molecule has 1 amide bonds. The van der Waals surface area contributed by atoms with Gasteiger partial charge in [0.25, 0.3) is 5.56 Å². The van der Waals surface area contributed by atoms with Gasteiger partial charge in [-0.2, -0.15) is 13.2 Å². The molecule has 3 aromatic rings. The van der Waals surface area contributed by atoms with E-state index >= 15 is 0 Å². The number of nitrogens with two attached hydrogens (primary N) is 1. The summed E-state index contributed by atoms with van der Waals surface area (Å²) in [6.07, 6.45) is -5.58. The zero-order chi connectivity index (χ0) is 25.3. The summed E-state index contributed by atoms with van der Waals surface area (Å²) in [5.74, 6) is -0.595. The number of esters is 1. The first-order valence-corrected chi connectivity index (χ1v) is 10.8. The fourth-order valence-electron chi connectivity index (χ4n) is 3.79. The number of halogens is 3. The number of aromatic amines is 1. The number of aromatic nitrogens is 1. The number of cyclic esters (lactones) is 1. The smallest absolute Gasteiger partial charge is 0.417 e. The lowest BCUT2D eigenvalue weighted by Gasteiger charge is -2.15. The number of amides is 1. The van der Waals surface area contributed by atoms with Crippen molar-refractivity contribution in [3.8, 4) is 11.3 Å². The van der Waals surface area contributed by atoms with Crippen molar-refractivity contribution in [2.24, 2.45) is 5.73 Å². The number of carbonyl (C=O) groups excluding carboxylic acids is 2. The summed E-state index contributed by atoms with van der Waals surface area (Å²) < 4.78 is 50.6. The largest absolute Gasteiger partial charge is 0.461 e. The second-order valence-electron chi connectivity index (χ2n) is 8.09. The Kier molecular flexibility index (Phi) is 6.53. The lowest BCUT2D eigenvalue weighted by molar-refractivity contribution is -0.147. The van der Waals surface area contributed by atoms with Crippen molar-refractivity contribution < 1.29 is 32.2 Å². The maximum atomic E-state index is 13.4. The molecule has 1 aromatic heterocycles. The van der Waals surface area contributed by atoms with E-state index in [1.807, 2.05) is 0 Å². The third-order valence-corrected chi connectivity index (χ3v) is 5.69. The molecule has 0 aliphatic carbocycles. The van der Waals surface area contributed by atoms with Gasteiger partial charge in [0.05, 0.1) is 12.1 Å². The number of H-pyrrole nitrogens is 1. The van der Waals surface area contributed by atoms with E-state index < -0.39 is 41.5 Å². The highest BCUT2D eigenvalue weighted by atomic mass is 19.4. The summed E-state index contributed by atoms with van der Waals surface area (Å²) >= 11 is 0. The van der Waals surface area contributed by atoms with Crippen molar-refractivity contribution in [3.63, 3.8) is 0 Å². The normalized spacial score (nSPS) is 16.9. The van der Waals surface area contributed by atoms with E-state index in [1.54, 1.807) is 19.1 Å². The fourth-order valence-corrected chi connectivity index (χ4v) is 3.79. The number of pyridine rings is 1. The lowest BCUT2D eigenvalue weighted by Crippen LogP contribution is -2.34. The molecule has 0 unspecified atom stereocenters. The van der Waals surface area contributed by atoms with Crippen molar-refractivity contribution in [1.82, 2.24) is 4.98 Å². The molecule has 8 nitrogen and oxygen atoms in total. The number of alkyl halides is 3. The first-order chi connectivity index (χ1) is 16.6. The van der Waals surface area contributed by atoms with Crippen molar-refractivity contribution in [1.29, 1.82) is 0 Å². The highest BCUT2D eigenvalue weighted by Gasteiger charge is 2.35. The average molecular weight is 489 g/mol. The Morgan fingerprint density at radius 2 is 1.97 bits per heavy atom. The predicted molar refractivity (Wildman–Crippen MR) is 122 cm³/mol. The Morgan fingerprint density at radius 3 is 2.69 bits per heavy atom. The number of hydrogen-bond donors (Lipinski definition) is 2. The van der Waals surface area contributed by atoms with Gasteiger partial charge in [0, 0.05) is 22.3 Å². The molecule has 35 heavy (non-hydrogen) atoms. The van der Waals surface area contributed by atoms with Gasteiger partial charge >= 0.3 is 18.2 Å². The maximum Gasteiger partial charge on any atom is 0.417 e. The molecule has 0 bridgehead atoms. The highest BCUT2D eigenvalue weighted by Crippen LogP contribution is 2.36. The number of anilines is 1. The van der Waals surface area contributed by atoms with E-state index in [0.717, 1.165) is 6.07 Å². The maximum absolute atomic E-state index is 13.4. The van der Waals surface area contributed by atoms with E-state index in [2.05, 4.69) is 4.98 Å². The molecule has 2 heterocycles. The average Bonchev–Trinajstić information content (AvgIpc) is 3.21. The third kappa shape index (κ3) is 4.99. The number of benzene rings is 2. The van der Waals surface area contributed by atoms with Gasteiger partial charge in [0.2, 0.25) is 0 Å². The molecule has 1 fully saturated rings. The van der Waals surface area contributed by atoms with Gasteiger partial charge < -0.3 is 20.2 Å². The molecular formula is C24H22F3N3O5. The molecule has 1 saturated heterocycles. The van der Waals surface area contributed by atoms with Gasteiger partial charge in [0.1, 0.15) is 12.6 Å². The molecule has 184 valence electrons. The predicted octanol–water partition coefficient (Wildman–Crippen LogP) is 3.82. The second kappa shape index (κ2) is 9.41. The van der Waals surface area contributed by atoms with Gasteiger partial charge in [-0.1, -0.05) is 31.2 Å². The van der Waals surface area contributed by atoms with Crippen molar-refractivity contribution in [2.45, 2.75) is 31.7 Å². The Hall–Kier alpha value is -3.86. The molecule has 2 atom stereocenters. The van der Waals surface area contributed by atoms with Crippen molar-refractivity contribution >= 4 is 28.5 Å². The van der Waals surface area contributed by atoms with Crippen LogP contribution in [0.3, 0.4) is 0 Å². The Balaban J connectivity index is 1.59. The molecule has 0 saturated carbocycles. The standard InChI is InChI=1S/C24H22F3N3O5/c1-2-19(28)22(32)34-12-15-11-30(23(33)35-15)14-8-7-13-9-20(29-21(31)17(13)10-14)16-5-3-4-6-18(16)24(25,26)27/h3-10,15,19H,2,11-12,28H2,1H3,(H,29,31)/t15-,19+/m1/s1. The van der Waals surface area contributed by atoms with Gasteiger partial charge in [-0.05, 0) is 36.1 Å². The first-order valence-electron chi connectivity index (χ1n) is 10.8. The number of nitrogens with zero attached hydrogens (tertiary/aromatic N) is 1. The van der Waals surface area contributed by atoms with Crippen LogP contribution < -0.4 is 16.2 Å². The quantitative estimate of drug-likeness (QED) is 0.509. The van der Waals surface area contributed by atoms with Gasteiger partial charge in [-0.3, -0.25) is 14.5 Å². The van der Waals surface area contributed by atoms with E-state index in [1.165, 1.54) is 35.2 Å². The van der Waals surface area contributed by atoms with E-state index in [0.29, 0.717) is 17.5 Å². The van der Waals surface area contributed by atoms with Crippen LogP contribution in [0, 0.1) is 0 Å². The van der Waals surface area contributed by atoms with Crippen LogP contribution in [0.25, 0.3) is 22.0 Å². The van der Waals surface area contributed by atoms with Crippen LogP contribution in [0.15, 0.2) is 53.3 Å². The molecule has 0 radical (unpaired) electrons. The third-order valence-electron chi connectivity index (χ3n) is 5.69. The number of rotatable bonds is 6. The molecule has 2 aromatic carbocycles. The minimum atomic E-state index is -4.59. The summed E-state index contributed by atoms with van der Waals surface area (Å²) in [6.45, 7) is 1.65. The van der Waals surface area contributed by atoms with Crippen molar-refractivity contribution in [3.05, 3.63) is 64.4 Å². The Morgan fingerprint density at radius 1 is 1.23 bits per heavy atom. The molecule has 1 aliphatic heterocycles. The van der Waals surface area contributed by atoms with Gasteiger partial charge in [0.15, 0.2) is 6.10 Å².